The Bertz CT molecular complexity index is 563. The van der Waals surface area contributed by atoms with E-state index < -0.39 is 10.8 Å². The highest BCUT2D eigenvalue weighted by Crippen LogP contribution is 2.20. The van der Waals surface area contributed by atoms with Crippen LogP contribution >= 0.6 is 11.3 Å². The Labute approximate surface area is 107 Å². The van der Waals surface area contributed by atoms with Crippen LogP contribution in [0.5, 0.6) is 0 Å². The molecule has 0 aliphatic carbocycles. The lowest BCUT2D eigenvalue weighted by Crippen LogP contribution is -1.99. The zero-order chi connectivity index (χ0) is 12.4. The van der Waals surface area contributed by atoms with Crippen molar-refractivity contribution in [3.05, 3.63) is 39.8 Å². The zero-order valence-corrected chi connectivity index (χ0v) is 11.4. The van der Waals surface area contributed by atoms with Gasteiger partial charge in [-0.15, -0.1) is 11.3 Å². The van der Waals surface area contributed by atoms with Crippen molar-refractivity contribution in [3.8, 4) is 0 Å². The molecule has 2 N–H and O–H groups in total. The fourth-order valence-corrected chi connectivity index (χ4v) is 3.82. The Balaban J connectivity index is 2.20. The van der Waals surface area contributed by atoms with E-state index in [-0.39, 0.29) is 0 Å². The van der Waals surface area contributed by atoms with Crippen LogP contribution in [-0.2, 0) is 16.6 Å². The Morgan fingerprint density at radius 3 is 2.76 bits per heavy atom. The Morgan fingerprint density at radius 2 is 2.18 bits per heavy atom. The zero-order valence-electron chi connectivity index (χ0n) is 9.77. The highest BCUT2D eigenvalue weighted by atomic mass is 32.2. The molecule has 2 rings (SSSR count). The number of rotatable bonds is 3. The molecule has 90 valence electrons. The normalized spacial score (nSPS) is 12.6. The summed E-state index contributed by atoms with van der Waals surface area (Å²) in [7, 11) is -1.05. The van der Waals surface area contributed by atoms with Gasteiger partial charge in [0.25, 0.3) is 0 Å². The van der Waals surface area contributed by atoms with Gasteiger partial charge >= 0.3 is 0 Å². The van der Waals surface area contributed by atoms with E-state index in [0.717, 1.165) is 21.2 Å². The third-order valence-corrected chi connectivity index (χ3v) is 5.00. The number of anilines is 1. The Morgan fingerprint density at radius 1 is 1.41 bits per heavy atom. The van der Waals surface area contributed by atoms with E-state index in [1.54, 1.807) is 17.4 Å². The predicted octanol–water partition coefficient (Wildman–Crippen LogP) is 2.65. The molecule has 1 aromatic heterocycles. The second-order valence-corrected chi connectivity index (χ2v) is 6.26. The quantitative estimate of drug-likeness (QED) is 0.869. The van der Waals surface area contributed by atoms with Crippen molar-refractivity contribution in [2.45, 2.75) is 24.5 Å². The first-order valence-electron chi connectivity index (χ1n) is 5.22. The van der Waals surface area contributed by atoms with Crippen LogP contribution in [0.4, 0.5) is 5.69 Å². The SMILES string of the molecule is Cc1csc(CS(=O)c2ccc(N)cc2C)n1. The molecule has 1 unspecified atom stereocenters. The molecule has 0 saturated heterocycles. The summed E-state index contributed by atoms with van der Waals surface area (Å²) in [6, 6.07) is 5.47. The molecule has 1 atom stereocenters. The van der Waals surface area contributed by atoms with E-state index in [0.29, 0.717) is 11.4 Å². The molecule has 0 radical (unpaired) electrons. The van der Waals surface area contributed by atoms with Crippen LogP contribution in [0.25, 0.3) is 0 Å². The predicted molar refractivity (Wildman–Crippen MR) is 72.6 cm³/mol. The highest BCUT2D eigenvalue weighted by molar-refractivity contribution is 7.84. The summed E-state index contributed by atoms with van der Waals surface area (Å²) in [5.41, 5.74) is 8.33. The fourth-order valence-electron chi connectivity index (χ4n) is 1.59. The molecule has 17 heavy (non-hydrogen) atoms. The standard InChI is InChI=1S/C12H14N2OS2/c1-8-5-10(13)3-4-11(8)17(15)7-12-14-9(2)6-16-12/h3-6H,7,13H2,1-2H3. The molecule has 1 heterocycles. The highest BCUT2D eigenvalue weighted by Gasteiger charge is 2.10. The molecule has 0 bridgehead atoms. The maximum atomic E-state index is 12.2. The number of hydrogen-bond acceptors (Lipinski definition) is 4. The average Bonchev–Trinajstić information content (AvgIpc) is 2.63. The third-order valence-electron chi connectivity index (χ3n) is 2.37. The first-order valence-corrected chi connectivity index (χ1v) is 7.41. The largest absolute Gasteiger partial charge is 0.399 e. The Hall–Kier alpha value is -1.20. The minimum Gasteiger partial charge on any atom is -0.399 e. The summed E-state index contributed by atoms with van der Waals surface area (Å²) < 4.78 is 12.2. The lowest BCUT2D eigenvalue weighted by molar-refractivity contribution is 0.682. The van der Waals surface area contributed by atoms with Gasteiger partial charge in [-0.1, -0.05) is 0 Å². The van der Waals surface area contributed by atoms with Crippen molar-refractivity contribution in [3.63, 3.8) is 0 Å². The van der Waals surface area contributed by atoms with Crippen LogP contribution < -0.4 is 5.73 Å². The fraction of sp³-hybridized carbons (Fsp3) is 0.250. The molecule has 0 aliphatic rings. The number of nitrogens with two attached hydrogens (primary N) is 1. The molecule has 0 saturated carbocycles. The summed E-state index contributed by atoms with van der Waals surface area (Å²) in [6.07, 6.45) is 0. The maximum Gasteiger partial charge on any atom is 0.106 e. The van der Waals surface area contributed by atoms with Crippen LogP contribution in [0.3, 0.4) is 0 Å². The van der Waals surface area contributed by atoms with Gasteiger partial charge in [-0.3, -0.25) is 4.21 Å². The number of aryl methyl sites for hydroxylation is 2. The topological polar surface area (TPSA) is 56.0 Å². The third kappa shape index (κ3) is 2.92. The van der Waals surface area contributed by atoms with Gasteiger partial charge in [-0.2, -0.15) is 0 Å². The van der Waals surface area contributed by atoms with E-state index >= 15 is 0 Å². The molecule has 0 fully saturated rings. The van der Waals surface area contributed by atoms with Gasteiger partial charge < -0.3 is 5.73 Å². The molecule has 0 amide bonds. The van der Waals surface area contributed by atoms with Gasteiger partial charge in [0.15, 0.2) is 0 Å². The number of thiazole rings is 1. The van der Waals surface area contributed by atoms with Crippen molar-refractivity contribution in [2.24, 2.45) is 0 Å². The summed E-state index contributed by atoms with van der Waals surface area (Å²) in [6.45, 7) is 3.87. The molecular weight excluding hydrogens is 252 g/mol. The first-order chi connectivity index (χ1) is 8.06. The summed E-state index contributed by atoms with van der Waals surface area (Å²) in [5.74, 6) is 0.475. The lowest BCUT2D eigenvalue weighted by atomic mass is 10.2. The lowest BCUT2D eigenvalue weighted by Gasteiger charge is -2.05. The molecule has 5 heteroatoms. The average molecular weight is 266 g/mol. The number of hydrogen-bond donors (Lipinski definition) is 1. The van der Waals surface area contributed by atoms with Crippen molar-refractivity contribution in [2.75, 3.05) is 5.73 Å². The van der Waals surface area contributed by atoms with Gasteiger partial charge in [-0.05, 0) is 37.6 Å². The van der Waals surface area contributed by atoms with E-state index in [2.05, 4.69) is 4.98 Å². The van der Waals surface area contributed by atoms with E-state index in [4.69, 9.17) is 5.73 Å². The van der Waals surface area contributed by atoms with Crippen LogP contribution in [0.15, 0.2) is 28.5 Å². The summed E-state index contributed by atoms with van der Waals surface area (Å²) >= 11 is 1.55. The van der Waals surface area contributed by atoms with Gasteiger partial charge in [0.1, 0.15) is 5.01 Å². The number of benzene rings is 1. The van der Waals surface area contributed by atoms with Gasteiger partial charge in [-0.25, -0.2) is 4.98 Å². The minimum absolute atomic E-state index is 0.475. The molecule has 0 spiro atoms. The molecule has 0 aliphatic heterocycles. The molecule has 2 aromatic rings. The molecule has 1 aromatic carbocycles. The Kier molecular flexibility index (Phi) is 3.59. The summed E-state index contributed by atoms with van der Waals surface area (Å²) in [5, 5.41) is 2.89. The van der Waals surface area contributed by atoms with Crippen LogP contribution in [0, 0.1) is 13.8 Å². The van der Waals surface area contributed by atoms with Crippen molar-refractivity contribution >= 4 is 27.8 Å². The second-order valence-electron chi connectivity index (χ2n) is 3.90. The van der Waals surface area contributed by atoms with Crippen molar-refractivity contribution in [1.82, 2.24) is 4.98 Å². The number of aromatic nitrogens is 1. The summed E-state index contributed by atoms with van der Waals surface area (Å²) in [4.78, 5) is 5.16. The van der Waals surface area contributed by atoms with E-state index in [9.17, 15) is 4.21 Å². The van der Waals surface area contributed by atoms with Gasteiger partial charge in [0.2, 0.25) is 0 Å². The van der Waals surface area contributed by atoms with E-state index in [1.165, 1.54) is 0 Å². The first kappa shape index (κ1) is 12.3. The van der Waals surface area contributed by atoms with Crippen LogP contribution in [0.1, 0.15) is 16.3 Å². The van der Waals surface area contributed by atoms with E-state index in [1.807, 2.05) is 31.4 Å². The van der Waals surface area contributed by atoms with Crippen LogP contribution in [-0.4, -0.2) is 9.19 Å². The van der Waals surface area contributed by atoms with Gasteiger partial charge in [0, 0.05) is 21.7 Å². The van der Waals surface area contributed by atoms with Gasteiger partial charge in [0.05, 0.1) is 16.6 Å². The number of nitrogen functional groups attached to an aromatic ring is 1. The minimum atomic E-state index is -1.05. The number of nitrogens with zero attached hydrogens (tertiary/aromatic N) is 1. The maximum absolute atomic E-state index is 12.2. The van der Waals surface area contributed by atoms with Crippen molar-refractivity contribution in [1.29, 1.82) is 0 Å². The smallest absolute Gasteiger partial charge is 0.106 e. The molecule has 3 nitrogen and oxygen atoms in total. The monoisotopic (exact) mass is 266 g/mol. The molecular formula is C12H14N2OS2. The van der Waals surface area contributed by atoms with Crippen LogP contribution in [0.2, 0.25) is 0 Å². The van der Waals surface area contributed by atoms with Crippen molar-refractivity contribution < 1.29 is 4.21 Å². The second kappa shape index (κ2) is 4.98.